The van der Waals surface area contributed by atoms with E-state index in [1.54, 1.807) is 12.1 Å². The quantitative estimate of drug-likeness (QED) is 0.351. The summed E-state index contributed by atoms with van der Waals surface area (Å²) in [7, 11) is 0. The fraction of sp³-hybridized carbons (Fsp3) is 0. The van der Waals surface area contributed by atoms with E-state index in [4.69, 9.17) is 11.7 Å². The van der Waals surface area contributed by atoms with Crippen molar-refractivity contribution in [3.63, 3.8) is 0 Å². The maximum Gasteiger partial charge on any atom is 0.150 e. The van der Waals surface area contributed by atoms with E-state index in [2.05, 4.69) is 10.9 Å². The standard InChI is InChI=1S/C11H12N4O/c12-14-9-3-1-2-8-7(6-16)4-5-10(15-13)11(8)9/h1-6,14-15H,12-13H2. The molecule has 5 heteroatoms. The molecule has 6 N–H and O–H groups in total. The molecule has 0 aliphatic heterocycles. The predicted octanol–water partition coefficient (Wildman–Crippen LogP) is 1.22. The summed E-state index contributed by atoms with van der Waals surface area (Å²) >= 11 is 0. The van der Waals surface area contributed by atoms with Gasteiger partial charge >= 0.3 is 0 Å². The Morgan fingerprint density at radius 3 is 2.31 bits per heavy atom. The molecule has 0 heterocycles. The number of benzene rings is 2. The van der Waals surface area contributed by atoms with Crippen molar-refractivity contribution in [3.8, 4) is 0 Å². The van der Waals surface area contributed by atoms with Gasteiger partial charge < -0.3 is 10.9 Å². The lowest BCUT2D eigenvalue weighted by Crippen LogP contribution is -2.11. The number of carbonyl (C=O) groups excluding carboxylic acids is 1. The van der Waals surface area contributed by atoms with Crippen molar-refractivity contribution < 1.29 is 4.79 Å². The second kappa shape index (κ2) is 4.18. The van der Waals surface area contributed by atoms with E-state index < -0.39 is 0 Å². The molecular weight excluding hydrogens is 204 g/mol. The summed E-state index contributed by atoms with van der Waals surface area (Å²) in [6.07, 6.45) is 0.808. The third-order valence-corrected chi connectivity index (χ3v) is 2.51. The van der Waals surface area contributed by atoms with Gasteiger partial charge in [0.25, 0.3) is 0 Å². The predicted molar refractivity (Wildman–Crippen MR) is 65.0 cm³/mol. The van der Waals surface area contributed by atoms with Crippen molar-refractivity contribution in [3.05, 3.63) is 35.9 Å². The van der Waals surface area contributed by atoms with Crippen LogP contribution in [0.4, 0.5) is 11.4 Å². The van der Waals surface area contributed by atoms with Gasteiger partial charge in [0.2, 0.25) is 0 Å². The van der Waals surface area contributed by atoms with Crippen molar-refractivity contribution in [2.45, 2.75) is 0 Å². The molecule has 0 spiro atoms. The highest BCUT2D eigenvalue weighted by molar-refractivity contribution is 6.09. The Labute approximate surface area is 92.4 Å². The SMILES string of the molecule is NNc1cccc2c(C=O)ccc(NN)c12. The maximum absolute atomic E-state index is 10.9. The molecule has 0 unspecified atom stereocenters. The lowest BCUT2D eigenvalue weighted by atomic mass is 10.0. The molecule has 5 nitrogen and oxygen atoms in total. The molecule has 0 radical (unpaired) electrons. The average Bonchev–Trinajstić information content (AvgIpc) is 2.36. The Morgan fingerprint density at radius 2 is 1.69 bits per heavy atom. The second-order valence-corrected chi connectivity index (χ2v) is 3.34. The third-order valence-electron chi connectivity index (χ3n) is 2.51. The van der Waals surface area contributed by atoms with Gasteiger partial charge in [-0.1, -0.05) is 12.1 Å². The highest BCUT2D eigenvalue weighted by Crippen LogP contribution is 2.31. The first-order chi connectivity index (χ1) is 7.81. The Balaban J connectivity index is 2.89. The first-order valence-electron chi connectivity index (χ1n) is 4.76. The van der Waals surface area contributed by atoms with Gasteiger partial charge in [-0.25, -0.2) is 0 Å². The van der Waals surface area contributed by atoms with Gasteiger partial charge in [-0.3, -0.25) is 16.5 Å². The van der Waals surface area contributed by atoms with Crippen LogP contribution >= 0.6 is 0 Å². The molecule has 0 saturated carbocycles. The van der Waals surface area contributed by atoms with Crippen LogP contribution in [-0.4, -0.2) is 6.29 Å². The van der Waals surface area contributed by atoms with Crippen LogP contribution in [0.15, 0.2) is 30.3 Å². The molecule has 16 heavy (non-hydrogen) atoms. The summed E-state index contributed by atoms with van der Waals surface area (Å²) in [4.78, 5) is 10.9. The molecule has 2 aromatic carbocycles. The van der Waals surface area contributed by atoms with E-state index in [1.807, 2.05) is 18.2 Å². The van der Waals surface area contributed by atoms with E-state index in [1.165, 1.54) is 0 Å². The molecule has 82 valence electrons. The van der Waals surface area contributed by atoms with Crippen LogP contribution < -0.4 is 22.5 Å². The Kier molecular flexibility index (Phi) is 2.72. The molecule has 0 atom stereocenters. The molecule has 0 amide bonds. The zero-order chi connectivity index (χ0) is 11.5. The highest BCUT2D eigenvalue weighted by atomic mass is 16.1. The van der Waals surface area contributed by atoms with Crippen LogP contribution in [0.25, 0.3) is 10.8 Å². The number of aldehydes is 1. The smallest absolute Gasteiger partial charge is 0.150 e. The Hall–Kier alpha value is -2.11. The van der Waals surface area contributed by atoms with Gasteiger partial charge in [-0.2, -0.15) is 0 Å². The Bertz CT molecular complexity index is 528. The molecule has 2 aromatic rings. The number of fused-ring (bicyclic) bond motifs is 1. The average molecular weight is 216 g/mol. The van der Waals surface area contributed by atoms with Gasteiger partial charge in [-0.15, -0.1) is 0 Å². The van der Waals surface area contributed by atoms with Crippen LogP contribution in [0.5, 0.6) is 0 Å². The van der Waals surface area contributed by atoms with Crippen molar-refractivity contribution in [1.82, 2.24) is 0 Å². The van der Waals surface area contributed by atoms with Crippen molar-refractivity contribution >= 4 is 28.4 Å². The number of hydrogen-bond donors (Lipinski definition) is 4. The van der Waals surface area contributed by atoms with Crippen molar-refractivity contribution in [1.29, 1.82) is 0 Å². The van der Waals surface area contributed by atoms with Crippen molar-refractivity contribution in [2.24, 2.45) is 11.7 Å². The zero-order valence-corrected chi connectivity index (χ0v) is 8.53. The fourth-order valence-corrected chi connectivity index (χ4v) is 1.77. The first-order valence-corrected chi connectivity index (χ1v) is 4.76. The number of nitrogen functional groups attached to an aromatic ring is 2. The van der Waals surface area contributed by atoms with E-state index in [9.17, 15) is 4.79 Å². The zero-order valence-electron chi connectivity index (χ0n) is 8.53. The van der Waals surface area contributed by atoms with Crippen LogP contribution in [0, 0.1) is 0 Å². The van der Waals surface area contributed by atoms with Gasteiger partial charge in [0.1, 0.15) is 0 Å². The van der Waals surface area contributed by atoms with E-state index in [0.717, 1.165) is 17.1 Å². The third kappa shape index (κ3) is 1.48. The number of nitrogens with one attached hydrogen (secondary N) is 2. The highest BCUT2D eigenvalue weighted by Gasteiger charge is 2.08. The monoisotopic (exact) mass is 216 g/mol. The van der Waals surface area contributed by atoms with Gasteiger partial charge in [0, 0.05) is 10.9 Å². The molecule has 2 rings (SSSR count). The lowest BCUT2D eigenvalue weighted by molar-refractivity contribution is 0.112. The number of nitrogens with two attached hydrogens (primary N) is 2. The minimum Gasteiger partial charge on any atom is -0.323 e. The minimum atomic E-state index is 0.603. The molecular formula is C11H12N4O. The summed E-state index contributed by atoms with van der Waals surface area (Å²) < 4.78 is 0. The molecule has 0 aromatic heterocycles. The minimum absolute atomic E-state index is 0.603. The number of carbonyl (C=O) groups is 1. The fourth-order valence-electron chi connectivity index (χ4n) is 1.77. The van der Waals surface area contributed by atoms with E-state index in [0.29, 0.717) is 16.9 Å². The van der Waals surface area contributed by atoms with E-state index in [-0.39, 0.29) is 0 Å². The summed E-state index contributed by atoms with van der Waals surface area (Å²) in [6, 6.07) is 8.95. The number of hydrazine groups is 2. The summed E-state index contributed by atoms with van der Waals surface area (Å²) in [5.74, 6) is 10.8. The lowest BCUT2D eigenvalue weighted by Gasteiger charge is -2.11. The molecule has 0 saturated heterocycles. The second-order valence-electron chi connectivity index (χ2n) is 3.34. The molecule has 0 aliphatic carbocycles. The molecule has 0 fully saturated rings. The normalized spacial score (nSPS) is 10.1. The topological polar surface area (TPSA) is 93.2 Å². The van der Waals surface area contributed by atoms with Crippen LogP contribution in [-0.2, 0) is 0 Å². The largest absolute Gasteiger partial charge is 0.323 e. The van der Waals surface area contributed by atoms with Crippen LogP contribution in [0.2, 0.25) is 0 Å². The molecule has 0 bridgehead atoms. The van der Waals surface area contributed by atoms with Crippen molar-refractivity contribution in [2.75, 3.05) is 10.9 Å². The summed E-state index contributed by atoms with van der Waals surface area (Å²) in [5, 5.41) is 1.61. The Morgan fingerprint density at radius 1 is 1.00 bits per heavy atom. The van der Waals surface area contributed by atoms with Gasteiger partial charge in [0.05, 0.1) is 11.4 Å². The van der Waals surface area contributed by atoms with Crippen LogP contribution in [0.1, 0.15) is 10.4 Å². The van der Waals surface area contributed by atoms with Gasteiger partial charge in [-0.05, 0) is 23.6 Å². The summed E-state index contributed by atoms with van der Waals surface area (Å²) in [5.41, 5.74) is 7.21. The number of hydrogen-bond acceptors (Lipinski definition) is 5. The number of rotatable bonds is 3. The number of anilines is 2. The first kappa shape index (κ1) is 10.4. The summed E-state index contributed by atoms with van der Waals surface area (Å²) in [6.45, 7) is 0. The maximum atomic E-state index is 10.9. The van der Waals surface area contributed by atoms with Crippen LogP contribution in [0.3, 0.4) is 0 Å². The van der Waals surface area contributed by atoms with E-state index >= 15 is 0 Å². The molecule has 0 aliphatic rings. The van der Waals surface area contributed by atoms with Gasteiger partial charge in [0.15, 0.2) is 6.29 Å².